The Labute approximate surface area is 127 Å². The maximum absolute atomic E-state index is 11.4. The number of nitrogen functional groups attached to an aromatic ring is 1. The van der Waals surface area contributed by atoms with Crippen LogP contribution in [0.25, 0.3) is 0 Å². The molecule has 0 radical (unpaired) electrons. The van der Waals surface area contributed by atoms with Gasteiger partial charge in [-0.05, 0) is 36.4 Å². The van der Waals surface area contributed by atoms with E-state index in [2.05, 4.69) is 4.74 Å². The van der Waals surface area contributed by atoms with E-state index in [1.54, 1.807) is 24.3 Å². The van der Waals surface area contributed by atoms with Crippen LogP contribution >= 0.6 is 0 Å². The number of rotatable bonds is 5. The lowest BCUT2D eigenvalue weighted by Crippen LogP contribution is -2.03. The molecule has 0 atom stereocenters. The van der Waals surface area contributed by atoms with Crippen molar-refractivity contribution < 1.29 is 23.8 Å². The number of nitrogens with two attached hydrogens (primary N) is 1. The van der Waals surface area contributed by atoms with Crippen molar-refractivity contribution in [3.8, 4) is 17.2 Å². The van der Waals surface area contributed by atoms with Gasteiger partial charge < -0.3 is 19.9 Å². The van der Waals surface area contributed by atoms with E-state index in [1.807, 2.05) is 0 Å². The lowest BCUT2D eigenvalue weighted by molar-refractivity contribution is 0.0600. The molecule has 0 aliphatic rings. The molecule has 2 aromatic rings. The molecule has 0 bridgehead atoms. The molecule has 0 fully saturated rings. The van der Waals surface area contributed by atoms with Gasteiger partial charge in [-0.1, -0.05) is 0 Å². The standard InChI is InChI=1S/C16H15NO5/c1-20-14-5-3-10(9-18)7-15(14)22-13-6-4-11(8-12(13)17)16(19)21-2/h3-9H,17H2,1-2H3. The third-order valence-corrected chi connectivity index (χ3v) is 2.97. The van der Waals surface area contributed by atoms with Crippen LogP contribution in [0.4, 0.5) is 5.69 Å². The summed E-state index contributed by atoms with van der Waals surface area (Å²) in [5, 5.41) is 0. The minimum Gasteiger partial charge on any atom is -0.493 e. The van der Waals surface area contributed by atoms with Gasteiger partial charge in [0.25, 0.3) is 0 Å². The minimum absolute atomic E-state index is 0.265. The summed E-state index contributed by atoms with van der Waals surface area (Å²) in [5.74, 6) is 0.666. The number of carbonyl (C=O) groups is 2. The second-order valence-electron chi connectivity index (χ2n) is 4.37. The van der Waals surface area contributed by atoms with Crippen LogP contribution in [-0.2, 0) is 4.74 Å². The van der Waals surface area contributed by atoms with Gasteiger partial charge in [0.15, 0.2) is 17.2 Å². The molecule has 2 aromatic carbocycles. The quantitative estimate of drug-likeness (QED) is 0.519. The fourth-order valence-corrected chi connectivity index (χ4v) is 1.85. The second kappa shape index (κ2) is 6.62. The van der Waals surface area contributed by atoms with Gasteiger partial charge in [0.1, 0.15) is 6.29 Å². The number of hydrogen-bond acceptors (Lipinski definition) is 6. The number of anilines is 1. The number of methoxy groups -OCH3 is 2. The number of carbonyl (C=O) groups excluding carboxylic acids is 2. The highest BCUT2D eigenvalue weighted by Gasteiger charge is 2.12. The Bertz CT molecular complexity index is 712. The molecule has 0 heterocycles. The van der Waals surface area contributed by atoms with Crippen molar-refractivity contribution in [1.29, 1.82) is 0 Å². The summed E-state index contributed by atoms with van der Waals surface area (Å²) in [6.07, 6.45) is 0.704. The number of aldehydes is 1. The molecule has 22 heavy (non-hydrogen) atoms. The summed E-state index contributed by atoms with van der Waals surface area (Å²) in [4.78, 5) is 22.3. The fraction of sp³-hybridized carbons (Fsp3) is 0.125. The predicted molar refractivity (Wildman–Crippen MR) is 80.6 cm³/mol. The van der Waals surface area contributed by atoms with Gasteiger partial charge in [0.05, 0.1) is 25.5 Å². The summed E-state index contributed by atoms with van der Waals surface area (Å²) in [7, 11) is 2.78. The summed E-state index contributed by atoms with van der Waals surface area (Å²) in [5.41, 5.74) is 6.91. The summed E-state index contributed by atoms with van der Waals surface area (Å²) >= 11 is 0. The molecule has 6 nitrogen and oxygen atoms in total. The molecular weight excluding hydrogens is 286 g/mol. The minimum atomic E-state index is -0.487. The van der Waals surface area contributed by atoms with Gasteiger partial charge in [0.2, 0.25) is 0 Å². The maximum atomic E-state index is 11.4. The first-order valence-electron chi connectivity index (χ1n) is 6.38. The fourth-order valence-electron chi connectivity index (χ4n) is 1.85. The molecule has 0 amide bonds. The van der Waals surface area contributed by atoms with E-state index in [4.69, 9.17) is 15.2 Å². The number of ether oxygens (including phenoxy) is 3. The zero-order valence-electron chi connectivity index (χ0n) is 12.2. The van der Waals surface area contributed by atoms with Crippen molar-refractivity contribution in [2.45, 2.75) is 0 Å². The lowest BCUT2D eigenvalue weighted by atomic mass is 10.2. The van der Waals surface area contributed by atoms with E-state index in [0.29, 0.717) is 34.7 Å². The van der Waals surface area contributed by atoms with E-state index in [0.717, 1.165) is 0 Å². The SMILES string of the molecule is COC(=O)c1ccc(Oc2cc(C=O)ccc2OC)c(N)c1. The van der Waals surface area contributed by atoms with Crippen LogP contribution in [0.15, 0.2) is 36.4 Å². The summed E-state index contributed by atoms with van der Waals surface area (Å²) in [6.45, 7) is 0. The van der Waals surface area contributed by atoms with Crippen LogP contribution in [0.2, 0.25) is 0 Å². The number of esters is 1. The van der Waals surface area contributed by atoms with E-state index in [-0.39, 0.29) is 5.69 Å². The predicted octanol–water partition coefficient (Wildman–Crippen LogP) is 2.67. The largest absolute Gasteiger partial charge is 0.493 e. The van der Waals surface area contributed by atoms with E-state index in [1.165, 1.54) is 26.4 Å². The second-order valence-corrected chi connectivity index (χ2v) is 4.37. The Balaban J connectivity index is 2.34. The highest BCUT2D eigenvalue weighted by atomic mass is 16.5. The Morgan fingerprint density at radius 1 is 1.05 bits per heavy atom. The number of hydrogen-bond donors (Lipinski definition) is 1. The molecule has 0 spiro atoms. The Morgan fingerprint density at radius 2 is 1.77 bits per heavy atom. The molecule has 2 N–H and O–H groups in total. The molecule has 0 aromatic heterocycles. The summed E-state index contributed by atoms with van der Waals surface area (Å²) < 4.78 is 15.5. The van der Waals surface area contributed by atoms with Gasteiger partial charge in [0, 0.05) is 5.56 Å². The smallest absolute Gasteiger partial charge is 0.337 e. The van der Waals surface area contributed by atoms with E-state index < -0.39 is 5.97 Å². The van der Waals surface area contributed by atoms with Crippen molar-refractivity contribution in [3.63, 3.8) is 0 Å². The van der Waals surface area contributed by atoms with Gasteiger partial charge >= 0.3 is 5.97 Å². The van der Waals surface area contributed by atoms with Crippen LogP contribution in [0.5, 0.6) is 17.2 Å². The average molecular weight is 301 g/mol. The van der Waals surface area contributed by atoms with Gasteiger partial charge in [-0.2, -0.15) is 0 Å². The monoisotopic (exact) mass is 301 g/mol. The summed E-state index contributed by atoms with van der Waals surface area (Å²) in [6, 6.07) is 9.32. The van der Waals surface area contributed by atoms with E-state index >= 15 is 0 Å². The molecule has 114 valence electrons. The highest BCUT2D eigenvalue weighted by Crippen LogP contribution is 2.35. The first-order chi connectivity index (χ1) is 10.6. The van der Waals surface area contributed by atoms with Crippen LogP contribution in [-0.4, -0.2) is 26.5 Å². The lowest BCUT2D eigenvalue weighted by Gasteiger charge is -2.13. The van der Waals surface area contributed by atoms with Crippen LogP contribution in [0, 0.1) is 0 Å². The topological polar surface area (TPSA) is 87.8 Å². The zero-order chi connectivity index (χ0) is 16.1. The molecular formula is C16H15NO5. The van der Waals surface area contributed by atoms with Crippen molar-refractivity contribution in [2.24, 2.45) is 0 Å². The molecule has 0 unspecified atom stereocenters. The Hall–Kier alpha value is -3.02. The Kier molecular flexibility index (Phi) is 4.63. The van der Waals surface area contributed by atoms with Crippen LogP contribution in [0.1, 0.15) is 20.7 Å². The Morgan fingerprint density at radius 3 is 2.36 bits per heavy atom. The van der Waals surface area contributed by atoms with Crippen molar-refractivity contribution in [2.75, 3.05) is 20.0 Å². The third kappa shape index (κ3) is 3.17. The first-order valence-corrected chi connectivity index (χ1v) is 6.38. The number of benzene rings is 2. The molecule has 0 aliphatic carbocycles. The highest BCUT2D eigenvalue weighted by molar-refractivity contribution is 5.91. The first kappa shape index (κ1) is 15.4. The van der Waals surface area contributed by atoms with Crippen LogP contribution < -0.4 is 15.2 Å². The van der Waals surface area contributed by atoms with Gasteiger partial charge in [-0.3, -0.25) is 4.79 Å². The van der Waals surface area contributed by atoms with E-state index in [9.17, 15) is 9.59 Å². The molecule has 0 saturated carbocycles. The van der Waals surface area contributed by atoms with Gasteiger partial charge in [-0.15, -0.1) is 0 Å². The van der Waals surface area contributed by atoms with Gasteiger partial charge in [-0.25, -0.2) is 4.79 Å². The normalized spacial score (nSPS) is 9.91. The maximum Gasteiger partial charge on any atom is 0.337 e. The molecule has 6 heteroatoms. The zero-order valence-corrected chi connectivity index (χ0v) is 12.2. The average Bonchev–Trinajstić information content (AvgIpc) is 2.55. The van der Waals surface area contributed by atoms with Crippen molar-refractivity contribution >= 4 is 17.9 Å². The molecule has 0 aliphatic heterocycles. The third-order valence-electron chi connectivity index (χ3n) is 2.97. The molecule has 0 saturated heterocycles. The molecule has 2 rings (SSSR count). The van der Waals surface area contributed by atoms with Crippen LogP contribution in [0.3, 0.4) is 0 Å². The van der Waals surface area contributed by atoms with Crippen molar-refractivity contribution in [3.05, 3.63) is 47.5 Å². The van der Waals surface area contributed by atoms with Crippen molar-refractivity contribution in [1.82, 2.24) is 0 Å².